The summed E-state index contributed by atoms with van der Waals surface area (Å²) in [4.78, 5) is 2.03. The predicted octanol–water partition coefficient (Wildman–Crippen LogP) is 0.951. The molecule has 0 saturated carbocycles. The van der Waals surface area contributed by atoms with Crippen LogP contribution in [0.4, 0.5) is 0 Å². The third kappa shape index (κ3) is 1.57. The lowest BCUT2D eigenvalue weighted by Crippen LogP contribution is -2.29. The number of quaternary nitrogens is 1. The van der Waals surface area contributed by atoms with Crippen LogP contribution in [0.15, 0.2) is 24.8 Å². The molecule has 0 radical (unpaired) electrons. The van der Waals surface area contributed by atoms with Gasteiger partial charge in [0.05, 0.1) is 26.5 Å². The summed E-state index contributed by atoms with van der Waals surface area (Å²) < 4.78 is 0.838. The van der Waals surface area contributed by atoms with E-state index in [1.807, 2.05) is 11.9 Å². The molecular formula is C7H13N2+. The average Bonchev–Trinajstić information content (AvgIpc) is 1.78. The predicted molar refractivity (Wildman–Crippen MR) is 38.2 cm³/mol. The minimum absolute atomic E-state index is 0.838. The standard InChI is InChI=1S/C7H13N2/c1-8-4-6-9(2,3)7-5-8/h4-7H,1-3H3/q+1. The van der Waals surface area contributed by atoms with E-state index in [-0.39, 0.29) is 0 Å². The van der Waals surface area contributed by atoms with Crippen LogP contribution < -0.4 is 0 Å². The van der Waals surface area contributed by atoms with Crippen LogP contribution in [0.5, 0.6) is 0 Å². The monoisotopic (exact) mass is 125 g/mol. The lowest BCUT2D eigenvalue weighted by molar-refractivity contribution is -0.785. The molecule has 0 unspecified atom stereocenters. The zero-order valence-electron chi connectivity index (χ0n) is 6.20. The van der Waals surface area contributed by atoms with Crippen molar-refractivity contribution in [3.05, 3.63) is 24.8 Å². The maximum absolute atomic E-state index is 2.12. The second kappa shape index (κ2) is 1.88. The number of hydrogen-bond donors (Lipinski definition) is 0. The van der Waals surface area contributed by atoms with Crippen LogP contribution in [0, 0.1) is 0 Å². The Morgan fingerprint density at radius 3 is 1.89 bits per heavy atom. The molecule has 2 nitrogen and oxygen atoms in total. The summed E-state index contributed by atoms with van der Waals surface area (Å²) in [7, 11) is 6.27. The molecule has 0 saturated heterocycles. The van der Waals surface area contributed by atoms with Crippen LogP contribution >= 0.6 is 0 Å². The third-order valence-corrected chi connectivity index (χ3v) is 1.37. The van der Waals surface area contributed by atoms with Crippen LogP contribution in [0.3, 0.4) is 0 Å². The third-order valence-electron chi connectivity index (χ3n) is 1.37. The van der Waals surface area contributed by atoms with Crippen molar-refractivity contribution in [1.29, 1.82) is 0 Å². The van der Waals surface area contributed by atoms with Crippen LogP contribution in [-0.2, 0) is 0 Å². The van der Waals surface area contributed by atoms with Gasteiger partial charge < -0.3 is 4.90 Å². The van der Waals surface area contributed by atoms with Crippen LogP contribution in [0.1, 0.15) is 0 Å². The van der Waals surface area contributed by atoms with Crippen molar-refractivity contribution < 1.29 is 4.48 Å². The van der Waals surface area contributed by atoms with E-state index in [4.69, 9.17) is 0 Å². The summed E-state index contributed by atoms with van der Waals surface area (Å²) in [6.45, 7) is 0. The van der Waals surface area contributed by atoms with E-state index in [1.54, 1.807) is 0 Å². The number of hydrogen-bond acceptors (Lipinski definition) is 1. The second-order valence-corrected chi connectivity index (χ2v) is 2.89. The van der Waals surface area contributed by atoms with Gasteiger partial charge in [0.15, 0.2) is 0 Å². The Balaban J connectivity index is 2.70. The van der Waals surface area contributed by atoms with Gasteiger partial charge in [-0.3, -0.25) is 4.48 Å². The van der Waals surface area contributed by atoms with E-state index in [1.165, 1.54) is 0 Å². The largest absolute Gasteiger partial charge is 0.348 e. The fraction of sp³-hybridized carbons (Fsp3) is 0.429. The van der Waals surface area contributed by atoms with Crippen molar-refractivity contribution in [2.75, 3.05) is 21.1 Å². The van der Waals surface area contributed by atoms with Gasteiger partial charge in [-0.2, -0.15) is 0 Å². The maximum atomic E-state index is 2.12. The molecule has 2 heteroatoms. The SMILES string of the molecule is CN1C=C[N+](C)(C)C=C1. The minimum Gasteiger partial charge on any atom is -0.348 e. The topological polar surface area (TPSA) is 3.24 Å². The highest BCUT2D eigenvalue weighted by atomic mass is 15.3. The summed E-state index contributed by atoms with van der Waals surface area (Å²) in [5.74, 6) is 0. The van der Waals surface area contributed by atoms with Crippen molar-refractivity contribution in [2.24, 2.45) is 0 Å². The van der Waals surface area contributed by atoms with E-state index in [0.717, 1.165) is 4.48 Å². The van der Waals surface area contributed by atoms with Gasteiger partial charge >= 0.3 is 0 Å². The molecule has 0 aromatic heterocycles. The van der Waals surface area contributed by atoms with Crippen molar-refractivity contribution in [3.63, 3.8) is 0 Å². The highest BCUT2D eigenvalue weighted by molar-refractivity contribution is 4.89. The molecule has 9 heavy (non-hydrogen) atoms. The lowest BCUT2D eigenvalue weighted by Gasteiger charge is -2.24. The van der Waals surface area contributed by atoms with E-state index < -0.39 is 0 Å². The van der Waals surface area contributed by atoms with Gasteiger partial charge in [-0.1, -0.05) is 0 Å². The molecule has 1 aliphatic rings. The van der Waals surface area contributed by atoms with Gasteiger partial charge in [-0.25, -0.2) is 0 Å². The van der Waals surface area contributed by atoms with Crippen molar-refractivity contribution in [3.8, 4) is 0 Å². The van der Waals surface area contributed by atoms with Crippen molar-refractivity contribution in [2.45, 2.75) is 0 Å². The van der Waals surface area contributed by atoms with Crippen LogP contribution in [0.25, 0.3) is 0 Å². The molecule has 1 heterocycles. The minimum atomic E-state index is 0.838. The first-order chi connectivity index (χ1) is 4.10. The fourth-order valence-electron chi connectivity index (χ4n) is 0.653. The van der Waals surface area contributed by atoms with E-state index in [9.17, 15) is 0 Å². The van der Waals surface area contributed by atoms with Gasteiger partial charge in [0.1, 0.15) is 12.4 Å². The maximum Gasteiger partial charge on any atom is 0.116 e. The Bertz CT molecular complexity index is 140. The van der Waals surface area contributed by atoms with Gasteiger partial charge in [-0.15, -0.1) is 0 Å². The summed E-state index contributed by atoms with van der Waals surface area (Å²) in [5, 5.41) is 0. The summed E-state index contributed by atoms with van der Waals surface area (Å²) >= 11 is 0. The quantitative estimate of drug-likeness (QED) is 0.436. The highest BCUT2D eigenvalue weighted by Crippen LogP contribution is 2.06. The molecule has 0 amide bonds. The Morgan fingerprint density at radius 1 is 1.11 bits per heavy atom. The van der Waals surface area contributed by atoms with Crippen LogP contribution in [-0.4, -0.2) is 30.5 Å². The van der Waals surface area contributed by atoms with E-state index in [2.05, 4.69) is 38.9 Å². The Hall–Kier alpha value is -0.760. The summed E-state index contributed by atoms with van der Waals surface area (Å²) in [6.07, 6.45) is 8.36. The average molecular weight is 125 g/mol. The molecule has 0 bridgehead atoms. The first kappa shape index (κ1) is 6.36. The molecule has 50 valence electrons. The molecule has 0 atom stereocenters. The molecular weight excluding hydrogens is 112 g/mol. The molecule has 0 spiro atoms. The molecule has 0 aromatic rings. The zero-order chi connectivity index (χ0) is 6.91. The summed E-state index contributed by atoms with van der Waals surface area (Å²) in [5.41, 5.74) is 0. The molecule has 0 N–H and O–H groups in total. The summed E-state index contributed by atoms with van der Waals surface area (Å²) in [6, 6.07) is 0. The molecule has 1 aliphatic heterocycles. The fourth-order valence-corrected chi connectivity index (χ4v) is 0.653. The second-order valence-electron chi connectivity index (χ2n) is 2.89. The van der Waals surface area contributed by atoms with Gasteiger partial charge in [0.25, 0.3) is 0 Å². The van der Waals surface area contributed by atoms with E-state index in [0.29, 0.717) is 0 Å². The Labute approximate surface area is 56.3 Å². The Morgan fingerprint density at radius 2 is 1.56 bits per heavy atom. The number of rotatable bonds is 0. The zero-order valence-corrected chi connectivity index (χ0v) is 6.20. The smallest absolute Gasteiger partial charge is 0.116 e. The number of nitrogens with zero attached hydrogens (tertiary/aromatic N) is 2. The normalized spacial score (nSPS) is 22.8. The lowest BCUT2D eigenvalue weighted by atomic mass is 10.5. The van der Waals surface area contributed by atoms with Crippen molar-refractivity contribution >= 4 is 0 Å². The van der Waals surface area contributed by atoms with Gasteiger partial charge in [0.2, 0.25) is 0 Å². The van der Waals surface area contributed by atoms with Crippen LogP contribution in [0.2, 0.25) is 0 Å². The highest BCUT2D eigenvalue weighted by Gasteiger charge is 2.09. The molecule has 1 rings (SSSR count). The molecule has 0 aromatic carbocycles. The molecule has 0 aliphatic carbocycles. The first-order valence-electron chi connectivity index (χ1n) is 3.04. The Kier molecular flexibility index (Phi) is 1.33. The van der Waals surface area contributed by atoms with Crippen molar-refractivity contribution in [1.82, 2.24) is 4.90 Å². The van der Waals surface area contributed by atoms with E-state index >= 15 is 0 Å². The van der Waals surface area contributed by atoms with Gasteiger partial charge in [0, 0.05) is 7.05 Å². The first-order valence-corrected chi connectivity index (χ1v) is 3.04. The molecule has 0 fully saturated rings. The van der Waals surface area contributed by atoms with Gasteiger partial charge in [-0.05, 0) is 0 Å².